The van der Waals surface area contributed by atoms with Gasteiger partial charge < -0.3 is 10.1 Å². The van der Waals surface area contributed by atoms with E-state index in [9.17, 15) is 22.8 Å². The SMILES string of the molecule is O=C(COC(=O)CCSc1ccc(F)cc1)Nc1ccc(F)c(F)c1. The van der Waals surface area contributed by atoms with Gasteiger partial charge in [0.2, 0.25) is 0 Å². The Kier molecular flexibility index (Phi) is 6.88. The number of nitrogens with one attached hydrogen (secondary N) is 1. The number of carbonyl (C=O) groups excluding carboxylic acids is 2. The molecular formula is C17H14F3NO3S. The highest BCUT2D eigenvalue weighted by atomic mass is 32.2. The number of hydrogen-bond donors (Lipinski definition) is 1. The van der Waals surface area contributed by atoms with Crippen molar-refractivity contribution in [3.63, 3.8) is 0 Å². The molecule has 2 aromatic carbocycles. The van der Waals surface area contributed by atoms with Gasteiger partial charge in [0.05, 0.1) is 6.42 Å². The molecular weight excluding hydrogens is 355 g/mol. The fraction of sp³-hybridized carbons (Fsp3) is 0.176. The lowest BCUT2D eigenvalue weighted by Gasteiger charge is -2.07. The molecule has 2 aromatic rings. The van der Waals surface area contributed by atoms with E-state index >= 15 is 0 Å². The smallest absolute Gasteiger partial charge is 0.307 e. The second-order valence-corrected chi connectivity index (χ2v) is 6.06. The maximum atomic E-state index is 13.0. The number of ether oxygens (including phenoxy) is 1. The summed E-state index contributed by atoms with van der Waals surface area (Å²) >= 11 is 1.35. The predicted molar refractivity (Wildman–Crippen MR) is 87.7 cm³/mol. The van der Waals surface area contributed by atoms with E-state index in [1.807, 2.05) is 0 Å². The molecule has 4 nitrogen and oxygen atoms in total. The second-order valence-electron chi connectivity index (χ2n) is 4.89. The van der Waals surface area contributed by atoms with Crippen molar-refractivity contribution in [2.45, 2.75) is 11.3 Å². The summed E-state index contributed by atoms with van der Waals surface area (Å²) in [7, 11) is 0. The fourth-order valence-corrected chi connectivity index (χ4v) is 2.61. The molecule has 0 saturated heterocycles. The zero-order valence-electron chi connectivity index (χ0n) is 12.9. The highest BCUT2D eigenvalue weighted by Crippen LogP contribution is 2.19. The number of amides is 1. The van der Waals surface area contributed by atoms with Crippen molar-refractivity contribution >= 4 is 29.3 Å². The molecule has 25 heavy (non-hydrogen) atoms. The first-order valence-electron chi connectivity index (χ1n) is 7.23. The monoisotopic (exact) mass is 369 g/mol. The van der Waals surface area contributed by atoms with Crippen molar-refractivity contribution in [1.82, 2.24) is 0 Å². The molecule has 1 amide bonds. The van der Waals surface area contributed by atoms with Crippen LogP contribution in [-0.4, -0.2) is 24.2 Å². The minimum absolute atomic E-state index is 0.0619. The van der Waals surface area contributed by atoms with Gasteiger partial charge in [-0.1, -0.05) is 0 Å². The van der Waals surface area contributed by atoms with Crippen LogP contribution in [0.5, 0.6) is 0 Å². The van der Waals surface area contributed by atoms with Crippen molar-refractivity contribution in [2.75, 3.05) is 17.7 Å². The van der Waals surface area contributed by atoms with Crippen LogP contribution < -0.4 is 5.32 Å². The third-order valence-corrected chi connectivity index (χ3v) is 3.97. The summed E-state index contributed by atoms with van der Waals surface area (Å²) in [4.78, 5) is 24.0. The largest absolute Gasteiger partial charge is 0.456 e. The molecule has 1 N–H and O–H groups in total. The molecule has 0 bridgehead atoms. The Hall–Kier alpha value is -2.48. The molecule has 0 aliphatic carbocycles. The molecule has 132 valence electrons. The Labute approximate surface area is 146 Å². The minimum Gasteiger partial charge on any atom is -0.456 e. The highest BCUT2D eigenvalue weighted by Gasteiger charge is 2.10. The third kappa shape index (κ3) is 6.50. The number of esters is 1. The van der Waals surface area contributed by atoms with E-state index in [0.717, 1.165) is 17.0 Å². The van der Waals surface area contributed by atoms with Gasteiger partial charge >= 0.3 is 5.97 Å². The minimum atomic E-state index is -1.09. The molecule has 0 aliphatic heterocycles. The van der Waals surface area contributed by atoms with Gasteiger partial charge in [-0.3, -0.25) is 9.59 Å². The summed E-state index contributed by atoms with van der Waals surface area (Å²) in [5.41, 5.74) is 0.0619. The number of hydrogen-bond acceptors (Lipinski definition) is 4. The van der Waals surface area contributed by atoms with Gasteiger partial charge in [-0.25, -0.2) is 13.2 Å². The fourth-order valence-electron chi connectivity index (χ4n) is 1.77. The maximum Gasteiger partial charge on any atom is 0.307 e. The molecule has 0 aliphatic rings. The number of benzene rings is 2. The average molecular weight is 369 g/mol. The third-order valence-electron chi connectivity index (χ3n) is 2.96. The number of rotatable bonds is 7. The molecule has 0 radical (unpaired) electrons. The van der Waals surface area contributed by atoms with E-state index in [1.165, 1.54) is 30.0 Å². The van der Waals surface area contributed by atoms with Gasteiger partial charge in [-0.15, -0.1) is 11.8 Å². The second kappa shape index (κ2) is 9.12. The Bertz CT molecular complexity index is 753. The van der Waals surface area contributed by atoms with Gasteiger partial charge in [0.1, 0.15) is 5.82 Å². The van der Waals surface area contributed by atoms with Gasteiger partial charge in [0.15, 0.2) is 18.2 Å². The van der Waals surface area contributed by atoms with Gasteiger partial charge in [-0.2, -0.15) is 0 Å². The van der Waals surface area contributed by atoms with Gasteiger partial charge in [0, 0.05) is 22.4 Å². The molecule has 8 heteroatoms. The topological polar surface area (TPSA) is 55.4 Å². The van der Waals surface area contributed by atoms with Crippen molar-refractivity contribution in [2.24, 2.45) is 0 Å². The van der Waals surface area contributed by atoms with Crippen molar-refractivity contribution < 1.29 is 27.5 Å². The molecule has 0 aromatic heterocycles. The lowest BCUT2D eigenvalue weighted by molar-refractivity contribution is -0.146. The van der Waals surface area contributed by atoms with Crippen LogP contribution in [0.1, 0.15) is 6.42 Å². The van der Waals surface area contributed by atoms with Crippen molar-refractivity contribution in [3.05, 3.63) is 59.9 Å². The van der Waals surface area contributed by atoms with Crippen LogP contribution in [0.2, 0.25) is 0 Å². The summed E-state index contributed by atoms with van der Waals surface area (Å²) in [6, 6.07) is 8.74. The molecule has 0 fully saturated rings. The molecule has 0 unspecified atom stereocenters. The summed E-state index contributed by atoms with van der Waals surface area (Å²) in [5.74, 6) is -3.28. The summed E-state index contributed by atoms with van der Waals surface area (Å²) in [6.07, 6.45) is 0.0699. The zero-order chi connectivity index (χ0) is 18.2. The molecule has 0 atom stereocenters. The van der Waals surface area contributed by atoms with Crippen LogP contribution >= 0.6 is 11.8 Å². The molecule has 0 saturated carbocycles. The number of thioether (sulfide) groups is 1. The van der Waals surface area contributed by atoms with E-state index in [1.54, 1.807) is 12.1 Å². The highest BCUT2D eigenvalue weighted by molar-refractivity contribution is 7.99. The van der Waals surface area contributed by atoms with Crippen molar-refractivity contribution in [1.29, 1.82) is 0 Å². The van der Waals surface area contributed by atoms with Crippen LogP contribution in [0.4, 0.5) is 18.9 Å². The van der Waals surface area contributed by atoms with Gasteiger partial charge in [0.25, 0.3) is 5.91 Å². The van der Waals surface area contributed by atoms with E-state index in [0.29, 0.717) is 5.75 Å². The Morgan fingerprint density at radius 3 is 2.40 bits per heavy atom. The Morgan fingerprint density at radius 1 is 1.00 bits per heavy atom. The van der Waals surface area contributed by atoms with Crippen molar-refractivity contribution in [3.8, 4) is 0 Å². The lowest BCUT2D eigenvalue weighted by atomic mass is 10.3. The maximum absolute atomic E-state index is 13.0. The Balaban J connectivity index is 1.67. The van der Waals surface area contributed by atoms with Crippen LogP contribution in [0, 0.1) is 17.5 Å². The quantitative estimate of drug-likeness (QED) is 0.596. The van der Waals surface area contributed by atoms with Crippen LogP contribution in [0.25, 0.3) is 0 Å². The first-order chi connectivity index (χ1) is 11.9. The lowest BCUT2D eigenvalue weighted by Crippen LogP contribution is -2.21. The van der Waals surface area contributed by atoms with Crippen LogP contribution in [-0.2, 0) is 14.3 Å². The molecule has 2 rings (SSSR count). The summed E-state index contributed by atoms with van der Waals surface area (Å²) < 4.78 is 43.3. The predicted octanol–water partition coefficient (Wildman–Crippen LogP) is 3.77. The number of anilines is 1. The zero-order valence-corrected chi connectivity index (χ0v) is 13.7. The summed E-state index contributed by atoms with van der Waals surface area (Å²) in [6.45, 7) is -0.529. The Morgan fingerprint density at radius 2 is 1.72 bits per heavy atom. The molecule has 0 heterocycles. The van der Waals surface area contributed by atoms with E-state index in [2.05, 4.69) is 5.32 Å². The average Bonchev–Trinajstić information content (AvgIpc) is 2.58. The van der Waals surface area contributed by atoms with Gasteiger partial charge in [-0.05, 0) is 36.4 Å². The number of halogens is 3. The van der Waals surface area contributed by atoms with Crippen LogP contribution in [0.3, 0.4) is 0 Å². The standard InChI is InChI=1S/C17H14F3NO3S/c18-11-1-4-13(5-2-11)25-8-7-17(23)24-10-16(22)21-12-3-6-14(19)15(20)9-12/h1-6,9H,7-8,10H2,(H,21,22). The first-order valence-corrected chi connectivity index (χ1v) is 8.21. The van der Waals surface area contributed by atoms with Crippen LogP contribution in [0.15, 0.2) is 47.4 Å². The first kappa shape index (κ1) is 18.9. The molecule has 0 spiro atoms. The summed E-state index contributed by atoms with van der Waals surface area (Å²) in [5, 5.41) is 2.29. The van der Waals surface area contributed by atoms with E-state index in [-0.39, 0.29) is 17.9 Å². The van der Waals surface area contributed by atoms with E-state index < -0.39 is 30.1 Å². The van der Waals surface area contributed by atoms with E-state index in [4.69, 9.17) is 4.74 Å². The number of carbonyl (C=O) groups is 2. The normalized spacial score (nSPS) is 10.4.